The molecule has 1 rings (SSSR count). The van der Waals surface area contributed by atoms with Crippen LogP contribution in [0.15, 0.2) is 24.3 Å². The van der Waals surface area contributed by atoms with Gasteiger partial charge in [-0.05, 0) is 24.2 Å². The van der Waals surface area contributed by atoms with E-state index in [1.54, 1.807) is 7.11 Å². The fourth-order valence-corrected chi connectivity index (χ4v) is 1.37. The van der Waals surface area contributed by atoms with Crippen LogP contribution in [0, 0.1) is 0 Å². The Bertz CT molecular complexity index is 258. The lowest BCUT2D eigenvalue weighted by Crippen LogP contribution is -2.23. The maximum atomic E-state index is 9.14. The number of aliphatic hydroxyl groups is 1. The van der Waals surface area contributed by atoms with Crippen molar-refractivity contribution in [1.29, 1.82) is 0 Å². The first-order chi connectivity index (χ1) is 6.81. The zero-order chi connectivity index (χ0) is 10.4. The van der Waals surface area contributed by atoms with E-state index in [-0.39, 0.29) is 12.6 Å². The number of aliphatic hydroxyl groups excluding tert-OH is 1. The van der Waals surface area contributed by atoms with Gasteiger partial charge in [-0.25, -0.2) is 0 Å². The van der Waals surface area contributed by atoms with Gasteiger partial charge in [-0.15, -0.1) is 0 Å². The monoisotopic (exact) mass is 195 g/mol. The summed E-state index contributed by atoms with van der Waals surface area (Å²) in [5.74, 6) is 0.835. The van der Waals surface area contributed by atoms with Gasteiger partial charge in [-0.1, -0.05) is 19.1 Å². The predicted molar refractivity (Wildman–Crippen MR) is 56.5 cm³/mol. The molecule has 3 nitrogen and oxygen atoms in total. The van der Waals surface area contributed by atoms with Crippen LogP contribution in [0.25, 0.3) is 0 Å². The van der Waals surface area contributed by atoms with Gasteiger partial charge in [-0.2, -0.15) is 0 Å². The fraction of sp³-hybridized carbons (Fsp3) is 0.455. The molecule has 1 atom stereocenters. The van der Waals surface area contributed by atoms with Crippen molar-refractivity contribution in [2.45, 2.75) is 13.0 Å². The first kappa shape index (κ1) is 11.0. The Morgan fingerprint density at radius 1 is 1.36 bits per heavy atom. The molecule has 1 unspecified atom stereocenters. The van der Waals surface area contributed by atoms with E-state index in [0.29, 0.717) is 0 Å². The second-order valence-corrected chi connectivity index (χ2v) is 3.07. The molecule has 0 aliphatic carbocycles. The SMILES string of the molecule is CCNC(CO)c1ccc(OC)cc1. The third kappa shape index (κ3) is 2.72. The quantitative estimate of drug-likeness (QED) is 0.745. The Labute approximate surface area is 84.7 Å². The van der Waals surface area contributed by atoms with Crippen LogP contribution >= 0.6 is 0 Å². The third-order valence-electron chi connectivity index (χ3n) is 2.15. The molecule has 0 saturated carbocycles. The Hall–Kier alpha value is -1.06. The Morgan fingerprint density at radius 3 is 2.43 bits per heavy atom. The molecule has 0 amide bonds. The number of nitrogens with one attached hydrogen (secondary N) is 1. The van der Waals surface area contributed by atoms with Gasteiger partial charge in [0, 0.05) is 0 Å². The number of likely N-dealkylation sites (N-methyl/N-ethyl adjacent to an activating group) is 1. The Kier molecular flexibility index (Phi) is 4.43. The van der Waals surface area contributed by atoms with Crippen LogP contribution in [0.3, 0.4) is 0 Å². The number of rotatable bonds is 5. The molecule has 0 spiro atoms. The summed E-state index contributed by atoms with van der Waals surface area (Å²) in [6, 6.07) is 7.74. The van der Waals surface area contributed by atoms with Gasteiger partial charge >= 0.3 is 0 Å². The molecule has 0 aliphatic heterocycles. The van der Waals surface area contributed by atoms with Crippen molar-refractivity contribution in [1.82, 2.24) is 5.32 Å². The fourth-order valence-electron chi connectivity index (χ4n) is 1.37. The van der Waals surface area contributed by atoms with Crippen molar-refractivity contribution in [2.75, 3.05) is 20.3 Å². The summed E-state index contributed by atoms with van der Waals surface area (Å²) in [4.78, 5) is 0. The lowest BCUT2D eigenvalue weighted by Gasteiger charge is -2.15. The van der Waals surface area contributed by atoms with Crippen LogP contribution in [-0.4, -0.2) is 25.4 Å². The van der Waals surface area contributed by atoms with Crippen LogP contribution in [0.4, 0.5) is 0 Å². The van der Waals surface area contributed by atoms with Crippen molar-refractivity contribution in [2.24, 2.45) is 0 Å². The molecular weight excluding hydrogens is 178 g/mol. The van der Waals surface area contributed by atoms with Crippen molar-refractivity contribution < 1.29 is 9.84 Å². The zero-order valence-electron chi connectivity index (χ0n) is 8.66. The summed E-state index contributed by atoms with van der Waals surface area (Å²) >= 11 is 0. The molecule has 0 saturated heterocycles. The zero-order valence-corrected chi connectivity index (χ0v) is 8.66. The number of benzene rings is 1. The van der Waals surface area contributed by atoms with Gasteiger partial charge in [0.1, 0.15) is 5.75 Å². The highest BCUT2D eigenvalue weighted by Crippen LogP contribution is 2.16. The minimum Gasteiger partial charge on any atom is -0.497 e. The first-order valence-corrected chi connectivity index (χ1v) is 4.80. The normalized spacial score (nSPS) is 12.5. The topological polar surface area (TPSA) is 41.5 Å². The molecule has 1 aromatic carbocycles. The van der Waals surface area contributed by atoms with E-state index in [4.69, 9.17) is 9.84 Å². The number of methoxy groups -OCH3 is 1. The van der Waals surface area contributed by atoms with Crippen molar-refractivity contribution in [3.8, 4) is 5.75 Å². The second-order valence-electron chi connectivity index (χ2n) is 3.07. The summed E-state index contributed by atoms with van der Waals surface area (Å²) < 4.78 is 5.06. The van der Waals surface area contributed by atoms with E-state index in [1.165, 1.54) is 0 Å². The summed E-state index contributed by atoms with van der Waals surface area (Å²) in [7, 11) is 1.64. The maximum absolute atomic E-state index is 9.14. The molecule has 14 heavy (non-hydrogen) atoms. The van der Waals surface area contributed by atoms with E-state index in [2.05, 4.69) is 5.32 Å². The van der Waals surface area contributed by atoms with Crippen LogP contribution < -0.4 is 10.1 Å². The van der Waals surface area contributed by atoms with Gasteiger partial charge in [0.25, 0.3) is 0 Å². The molecule has 0 heterocycles. The largest absolute Gasteiger partial charge is 0.497 e. The molecule has 2 N–H and O–H groups in total. The van der Waals surface area contributed by atoms with E-state index in [9.17, 15) is 0 Å². The molecule has 0 fully saturated rings. The van der Waals surface area contributed by atoms with Crippen LogP contribution in [-0.2, 0) is 0 Å². The maximum Gasteiger partial charge on any atom is 0.118 e. The summed E-state index contributed by atoms with van der Waals surface area (Å²) in [5.41, 5.74) is 1.08. The highest BCUT2D eigenvalue weighted by Gasteiger charge is 2.07. The first-order valence-electron chi connectivity index (χ1n) is 4.80. The summed E-state index contributed by atoms with van der Waals surface area (Å²) in [6.45, 7) is 2.98. The molecule has 3 heteroatoms. The van der Waals surface area contributed by atoms with Crippen LogP contribution in [0.5, 0.6) is 5.75 Å². The standard InChI is InChI=1S/C11H17NO2/c1-3-12-11(8-13)9-4-6-10(14-2)7-5-9/h4-7,11-13H,3,8H2,1-2H3. The van der Waals surface area contributed by atoms with Crippen LogP contribution in [0.2, 0.25) is 0 Å². The Morgan fingerprint density at radius 2 is 2.00 bits per heavy atom. The van der Waals surface area contributed by atoms with Crippen molar-refractivity contribution >= 4 is 0 Å². The average Bonchev–Trinajstić information content (AvgIpc) is 2.26. The average molecular weight is 195 g/mol. The minimum atomic E-state index is 0.0194. The Balaban J connectivity index is 2.73. The highest BCUT2D eigenvalue weighted by molar-refractivity contribution is 5.29. The third-order valence-corrected chi connectivity index (χ3v) is 2.15. The molecule has 0 radical (unpaired) electrons. The lowest BCUT2D eigenvalue weighted by molar-refractivity contribution is 0.246. The summed E-state index contributed by atoms with van der Waals surface area (Å²) in [6.07, 6.45) is 0. The predicted octanol–water partition coefficient (Wildman–Crippen LogP) is 1.34. The minimum absolute atomic E-state index is 0.0194. The van der Waals surface area contributed by atoms with E-state index in [1.807, 2.05) is 31.2 Å². The van der Waals surface area contributed by atoms with Gasteiger partial charge < -0.3 is 15.2 Å². The highest BCUT2D eigenvalue weighted by atomic mass is 16.5. The molecule has 1 aromatic rings. The number of hydrogen-bond donors (Lipinski definition) is 2. The van der Waals surface area contributed by atoms with Gasteiger partial charge in [0.05, 0.1) is 19.8 Å². The van der Waals surface area contributed by atoms with Crippen molar-refractivity contribution in [3.63, 3.8) is 0 Å². The second kappa shape index (κ2) is 5.62. The van der Waals surface area contributed by atoms with E-state index in [0.717, 1.165) is 17.9 Å². The van der Waals surface area contributed by atoms with Crippen molar-refractivity contribution in [3.05, 3.63) is 29.8 Å². The van der Waals surface area contributed by atoms with E-state index < -0.39 is 0 Å². The number of hydrogen-bond acceptors (Lipinski definition) is 3. The summed E-state index contributed by atoms with van der Waals surface area (Å²) in [5, 5.41) is 12.3. The van der Waals surface area contributed by atoms with Gasteiger partial charge in [0.15, 0.2) is 0 Å². The number of ether oxygens (including phenoxy) is 1. The smallest absolute Gasteiger partial charge is 0.118 e. The molecule has 0 aliphatic rings. The molecule has 0 bridgehead atoms. The van der Waals surface area contributed by atoms with Crippen LogP contribution in [0.1, 0.15) is 18.5 Å². The van der Waals surface area contributed by atoms with Gasteiger partial charge in [-0.3, -0.25) is 0 Å². The van der Waals surface area contributed by atoms with Gasteiger partial charge in [0.2, 0.25) is 0 Å². The lowest BCUT2D eigenvalue weighted by atomic mass is 10.1. The molecule has 0 aromatic heterocycles. The molecule has 78 valence electrons. The molecular formula is C11H17NO2. The van der Waals surface area contributed by atoms with E-state index >= 15 is 0 Å².